The SMILES string of the molecule is CCOc1ccc2nc(NC(=O)c3ccc(N4C(=O)CCC4=O)cc3)sc2c1. The van der Waals surface area contributed by atoms with E-state index in [1.54, 1.807) is 24.3 Å². The number of nitrogens with zero attached hydrogens (tertiary/aromatic N) is 2. The lowest BCUT2D eigenvalue weighted by Crippen LogP contribution is -2.28. The molecule has 3 amide bonds. The summed E-state index contributed by atoms with van der Waals surface area (Å²) in [6.45, 7) is 2.50. The maximum Gasteiger partial charge on any atom is 0.257 e. The van der Waals surface area contributed by atoms with Crippen molar-refractivity contribution in [3.63, 3.8) is 0 Å². The van der Waals surface area contributed by atoms with Crippen LogP contribution >= 0.6 is 11.3 Å². The van der Waals surface area contributed by atoms with Gasteiger partial charge in [0.15, 0.2) is 5.13 Å². The normalized spacial score (nSPS) is 14.0. The van der Waals surface area contributed by atoms with Crippen molar-refractivity contribution in [2.75, 3.05) is 16.8 Å². The molecule has 1 fully saturated rings. The number of rotatable bonds is 5. The number of amides is 3. The van der Waals surface area contributed by atoms with Gasteiger partial charge in [0.05, 0.1) is 22.5 Å². The molecule has 0 spiro atoms. The maximum atomic E-state index is 12.5. The van der Waals surface area contributed by atoms with Crippen molar-refractivity contribution in [1.29, 1.82) is 0 Å². The number of nitrogens with one attached hydrogen (secondary N) is 1. The Morgan fingerprint density at radius 1 is 1.14 bits per heavy atom. The fourth-order valence-electron chi connectivity index (χ4n) is 3.01. The Bertz CT molecular complexity index is 1060. The number of ether oxygens (including phenoxy) is 1. The summed E-state index contributed by atoms with van der Waals surface area (Å²) in [6, 6.07) is 12.0. The fraction of sp³-hybridized carbons (Fsp3) is 0.200. The van der Waals surface area contributed by atoms with Gasteiger partial charge in [0.1, 0.15) is 5.75 Å². The minimum absolute atomic E-state index is 0.219. The third kappa shape index (κ3) is 3.46. The second-order valence-electron chi connectivity index (χ2n) is 6.21. The lowest BCUT2D eigenvalue weighted by atomic mass is 10.2. The summed E-state index contributed by atoms with van der Waals surface area (Å²) in [6.07, 6.45) is 0.452. The van der Waals surface area contributed by atoms with Crippen LogP contribution in [-0.2, 0) is 9.59 Å². The average molecular weight is 395 g/mol. The van der Waals surface area contributed by atoms with Crippen molar-refractivity contribution in [2.24, 2.45) is 0 Å². The molecule has 1 saturated heterocycles. The number of thiazole rings is 1. The molecular formula is C20H17N3O4S. The van der Waals surface area contributed by atoms with Crippen LogP contribution < -0.4 is 15.0 Å². The lowest BCUT2D eigenvalue weighted by Gasteiger charge is -2.13. The molecule has 2 aromatic carbocycles. The number of imide groups is 1. The summed E-state index contributed by atoms with van der Waals surface area (Å²) in [7, 11) is 0. The Kier molecular flexibility index (Phi) is 4.79. The van der Waals surface area contributed by atoms with Crippen LogP contribution in [0.4, 0.5) is 10.8 Å². The zero-order chi connectivity index (χ0) is 19.7. The van der Waals surface area contributed by atoms with Gasteiger partial charge >= 0.3 is 0 Å². The van der Waals surface area contributed by atoms with Crippen LogP contribution in [0.2, 0.25) is 0 Å². The number of hydrogen-bond acceptors (Lipinski definition) is 6. The molecule has 2 heterocycles. The summed E-state index contributed by atoms with van der Waals surface area (Å²) in [5.74, 6) is 0.0130. The smallest absolute Gasteiger partial charge is 0.257 e. The van der Waals surface area contributed by atoms with Crippen LogP contribution in [0.1, 0.15) is 30.1 Å². The molecule has 1 aliphatic heterocycles. The van der Waals surface area contributed by atoms with Crippen LogP contribution in [0.15, 0.2) is 42.5 Å². The van der Waals surface area contributed by atoms with Crippen molar-refractivity contribution < 1.29 is 19.1 Å². The van der Waals surface area contributed by atoms with Crippen LogP contribution in [0.3, 0.4) is 0 Å². The largest absolute Gasteiger partial charge is 0.494 e. The summed E-state index contributed by atoms with van der Waals surface area (Å²) in [5, 5.41) is 3.27. The van der Waals surface area contributed by atoms with E-state index < -0.39 is 0 Å². The summed E-state index contributed by atoms with van der Waals surface area (Å²) in [5.41, 5.74) is 1.68. The minimum Gasteiger partial charge on any atom is -0.494 e. The van der Waals surface area contributed by atoms with Crippen molar-refractivity contribution >= 4 is 50.1 Å². The number of carbonyl (C=O) groups is 3. The quantitative estimate of drug-likeness (QED) is 0.667. The van der Waals surface area contributed by atoms with Gasteiger partial charge < -0.3 is 4.74 Å². The first-order chi connectivity index (χ1) is 13.5. The molecule has 0 aliphatic carbocycles. The lowest BCUT2D eigenvalue weighted by molar-refractivity contribution is -0.121. The monoisotopic (exact) mass is 395 g/mol. The highest BCUT2D eigenvalue weighted by atomic mass is 32.1. The average Bonchev–Trinajstić information content (AvgIpc) is 3.24. The van der Waals surface area contributed by atoms with Crippen molar-refractivity contribution in [3.8, 4) is 5.75 Å². The van der Waals surface area contributed by atoms with E-state index in [4.69, 9.17) is 4.74 Å². The van der Waals surface area contributed by atoms with E-state index in [2.05, 4.69) is 10.3 Å². The van der Waals surface area contributed by atoms with E-state index in [1.807, 2.05) is 25.1 Å². The number of fused-ring (bicyclic) bond motifs is 1. The highest BCUT2D eigenvalue weighted by Gasteiger charge is 2.30. The van der Waals surface area contributed by atoms with Gasteiger partial charge in [0.2, 0.25) is 11.8 Å². The highest BCUT2D eigenvalue weighted by molar-refractivity contribution is 7.22. The van der Waals surface area contributed by atoms with Crippen LogP contribution in [0.25, 0.3) is 10.2 Å². The van der Waals surface area contributed by atoms with Crippen molar-refractivity contribution in [3.05, 3.63) is 48.0 Å². The third-order valence-corrected chi connectivity index (χ3v) is 5.26. The van der Waals surface area contributed by atoms with Gasteiger partial charge in [-0.3, -0.25) is 24.6 Å². The first-order valence-electron chi connectivity index (χ1n) is 8.86. The fourth-order valence-corrected chi connectivity index (χ4v) is 3.90. The first kappa shape index (κ1) is 18.1. The topological polar surface area (TPSA) is 88.6 Å². The Hall–Kier alpha value is -3.26. The Morgan fingerprint density at radius 3 is 2.54 bits per heavy atom. The molecule has 8 heteroatoms. The molecule has 0 saturated carbocycles. The van der Waals surface area contributed by atoms with Gasteiger partial charge in [0.25, 0.3) is 5.91 Å². The molecule has 0 atom stereocenters. The minimum atomic E-state index is -0.310. The zero-order valence-electron chi connectivity index (χ0n) is 15.1. The van der Waals surface area contributed by atoms with E-state index in [0.29, 0.717) is 23.0 Å². The van der Waals surface area contributed by atoms with Crippen LogP contribution in [-0.4, -0.2) is 29.3 Å². The van der Waals surface area contributed by atoms with Crippen molar-refractivity contribution in [1.82, 2.24) is 4.98 Å². The van der Waals surface area contributed by atoms with E-state index in [0.717, 1.165) is 20.9 Å². The second-order valence-corrected chi connectivity index (χ2v) is 7.24. The number of carbonyl (C=O) groups excluding carboxylic acids is 3. The molecule has 4 rings (SSSR count). The van der Waals surface area contributed by atoms with Gasteiger partial charge in [0, 0.05) is 18.4 Å². The summed E-state index contributed by atoms with van der Waals surface area (Å²) < 4.78 is 6.40. The van der Waals surface area contributed by atoms with Gasteiger partial charge in [-0.15, -0.1) is 0 Å². The summed E-state index contributed by atoms with van der Waals surface area (Å²) in [4.78, 5) is 41.7. The predicted octanol–water partition coefficient (Wildman–Crippen LogP) is 3.60. The Balaban J connectivity index is 1.49. The van der Waals surface area contributed by atoms with Gasteiger partial charge in [-0.25, -0.2) is 4.98 Å². The third-order valence-electron chi connectivity index (χ3n) is 4.33. The van der Waals surface area contributed by atoms with E-state index in [-0.39, 0.29) is 30.6 Å². The molecule has 3 aromatic rings. The highest BCUT2D eigenvalue weighted by Crippen LogP contribution is 2.30. The first-order valence-corrected chi connectivity index (χ1v) is 9.67. The number of benzene rings is 2. The van der Waals surface area contributed by atoms with E-state index >= 15 is 0 Å². The molecular weight excluding hydrogens is 378 g/mol. The number of hydrogen-bond donors (Lipinski definition) is 1. The molecule has 142 valence electrons. The maximum absolute atomic E-state index is 12.5. The molecule has 1 aromatic heterocycles. The predicted molar refractivity (Wildman–Crippen MR) is 107 cm³/mol. The molecule has 0 radical (unpaired) electrons. The molecule has 28 heavy (non-hydrogen) atoms. The second kappa shape index (κ2) is 7.40. The van der Waals surface area contributed by atoms with Crippen LogP contribution in [0.5, 0.6) is 5.75 Å². The number of aromatic nitrogens is 1. The van der Waals surface area contributed by atoms with Crippen LogP contribution in [0, 0.1) is 0 Å². The van der Waals surface area contributed by atoms with Crippen molar-refractivity contribution in [2.45, 2.75) is 19.8 Å². The molecule has 1 N–H and O–H groups in total. The molecule has 1 aliphatic rings. The standard InChI is InChI=1S/C20H17N3O4S/c1-2-27-14-7-8-15-16(11-14)28-20(21-15)22-19(26)12-3-5-13(6-4-12)23-17(24)9-10-18(23)25/h3-8,11H,2,9-10H2,1H3,(H,21,22,26). The summed E-state index contributed by atoms with van der Waals surface area (Å²) >= 11 is 1.36. The zero-order valence-corrected chi connectivity index (χ0v) is 15.9. The molecule has 0 bridgehead atoms. The van der Waals surface area contributed by atoms with Gasteiger partial charge in [-0.2, -0.15) is 0 Å². The van der Waals surface area contributed by atoms with Gasteiger partial charge in [-0.05, 0) is 49.4 Å². The van der Waals surface area contributed by atoms with E-state index in [1.165, 1.54) is 11.3 Å². The Labute approximate surface area is 164 Å². The number of anilines is 2. The molecule has 0 unspecified atom stereocenters. The van der Waals surface area contributed by atoms with Gasteiger partial charge in [-0.1, -0.05) is 11.3 Å². The van der Waals surface area contributed by atoms with E-state index in [9.17, 15) is 14.4 Å². The Morgan fingerprint density at radius 2 is 1.86 bits per heavy atom. The molecule has 7 nitrogen and oxygen atoms in total.